The Labute approximate surface area is 105 Å². The van der Waals surface area contributed by atoms with Crippen LogP contribution in [0.2, 0.25) is 0 Å². The Balaban J connectivity index is 1.94. The Bertz CT molecular complexity index is 707. The van der Waals surface area contributed by atoms with Crippen molar-refractivity contribution in [2.24, 2.45) is 0 Å². The molecule has 3 aromatic rings. The van der Waals surface area contributed by atoms with Gasteiger partial charge in [-0.25, -0.2) is 9.49 Å². The number of rotatable bonds is 2. The summed E-state index contributed by atoms with van der Waals surface area (Å²) >= 11 is 1.23. The predicted molar refractivity (Wildman–Crippen MR) is 66.1 cm³/mol. The summed E-state index contributed by atoms with van der Waals surface area (Å²) in [6, 6.07) is 6.29. The predicted octanol–water partition coefficient (Wildman–Crippen LogP) is 2.41. The van der Waals surface area contributed by atoms with Crippen LogP contribution in [0, 0.1) is 5.82 Å². The molecule has 0 aliphatic carbocycles. The van der Waals surface area contributed by atoms with Crippen LogP contribution in [0.25, 0.3) is 10.1 Å². The number of anilines is 1. The van der Waals surface area contributed by atoms with E-state index in [1.807, 2.05) is 0 Å². The summed E-state index contributed by atoms with van der Waals surface area (Å²) in [5.74, 6) is -0.409. The number of nitrogens with one attached hydrogen (secondary N) is 2. The summed E-state index contributed by atoms with van der Waals surface area (Å²) < 4.78 is 14.2. The lowest BCUT2D eigenvalue weighted by Crippen LogP contribution is -2.11. The molecule has 0 saturated carbocycles. The number of fused-ring (bicyclic) bond motifs is 1. The van der Waals surface area contributed by atoms with Crippen molar-refractivity contribution in [2.75, 3.05) is 5.32 Å². The molecule has 3 rings (SSSR count). The zero-order valence-electron chi connectivity index (χ0n) is 8.98. The smallest absolute Gasteiger partial charge is 0.268 e. The minimum atomic E-state index is -0.340. The fourth-order valence-corrected chi connectivity index (χ4v) is 2.54. The van der Waals surface area contributed by atoms with Crippen molar-refractivity contribution in [3.63, 3.8) is 0 Å². The van der Waals surface area contributed by atoms with E-state index >= 15 is 0 Å². The molecule has 2 heterocycles. The Morgan fingerprint density at radius 1 is 1.44 bits per heavy atom. The Morgan fingerprint density at radius 2 is 2.33 bits per heavy atom. The van der Waals surface area contributed by atoms with Gasteiger partial charge in [0.2, 0.25) is 5.95 Å². The molecule has 1 amide bonds. The maximum Gasteiger partial charge on any atom is 0.268 e. The van der Waals surface area contributed by atoms with Crippen molar-refractivity contribution >= 4 is 33.3 Å². The highest BCUT2D eigenvalue weighted by molar-refractivity contribution is 7.20. The van der Waals surface area contributed by atoms with Gasteiger partial charge < -0.3 is 0 Å². The van der Waals surface area contributed by atoms with Gasteiger partial charge in [0.05, 0.1) is 4.88 Å². The molecule has 0 radical (unpaired) electrons. The lowest BCUT2D eigenvalue weighted by atomic mass is 10.2. The summed E-state index contributed by atoms with van der Waals surface area (Å²) in [6.07, 6.45) is 1.29. The third-order valence-corrected chi connectivity index (χ3v) is 3.48. The van der Waals surface area contributed by atoms with E-state index in [9.17, 15) is 9.18 Å². The first-order chi connectivity index (χ1) is 8.74. The number of carbonyl (C=O) groups is 1. The van der Waals surface area contributed by atoms with E-state index in [0.29, 0.717) is 10.3 Å². The van der Waals surface area contributed by atoms with E-state index in [4.69, 9.17) is 0 Å². The molecule has 0 atom stereocenters. The van der Waals surface area contributed by atoms with Gasteiger partial charge in [-0.3, -0.25) is 10.1 Å². The molecule has 0 aliphatic rings. The van der Waals surface area contributed by atoms with Crippen molar-refractivity contribution in [3.05, 3.63) is 41.3 Å². The molecular weight excluding hydrogens is 255 g/mol. The molecule has 2 aromatic heterocycles. The van der Waals surface area contributed by atoms with Crippen LogP contribution in [0.15, 0.2) is 30.6 Å². The van der Waals surface area contributed by atoms with Gasteiger partial charge in [0, 0.05) is 10.1 Å². The van der Waals surface area contributed by atoms with Crippen molar-refractivity contribution in [1.82, 2.24) is 15.2 Å². The number of H-pyrrole nitrogens is 1. The first kappa shape index (κ1) is 10.8. The van der Waals surface area contributed by atoms with Crippen LogP contribution in [0.1, 0.15) is 9.67 Å². The fraction of sp³-hybridized carbons (Fsp3) is 0. The number of benzene rings is 1. The Hall–Kier alpha value is -2.28. The molecule has 0 saturated heterocycles. The van der Waals surface area contributed by atoms with Gasteiger partial charge >= 0.3 is 0 Å². The van der Waals surface area contributed by atoms with Crippen molar-refractivity contribution in [2.45, 2.75) is 0 Å². The van der Waals surface area contributed by atoms with E-state index in [1.54, 1.807) is 12.1 Å². The Morgan fingerprint density at radius 3 is 3.06 bits per heavy atom. The monoisotopic (exact) mass is 262 g/mol. The van der Waals surface area contributed by atoms with Crippen molar-refractivity contribution in [1.29, 1.82) is 0 Å². The SMILES string of the molecule is O=C(Nc1ncn[nH]1)c1cc2c(F)cccc2s1. The van der Waals surface area contributed by atoms with Gasteiger partial charge in [-0.1, -0.05) is 6.07 Å². The second-order valence-electron chi connectivity index (χ2n) is 3.55. The topological polar surface area (TPSA) is 70.7 Å². The van der Waals surface area contributed by atoms with Crippen molar-refractivity contribution < 1.29 is 9.18 Å². The molecule has 2 N–H and O–H groups in total. The molecule has 0 unspecified atom stereocenters. The second-order valence-corrected chi connectivity index (χ2v) is 4.63. The quantitative estimate of drug-likeness (QED) is 0.745. The summed E-state index contributed by atoms with van der Waals surface area (Å²) in [6.45, 7) is 0. The lowest BCUT2D eigenvalue weighted by molar-refractivity contribution is 0.103. The van der Waals surface area contributed by atoms with E-state index in [0.717, 1.165) is 4.70 Å². The summed E-state index contributed by atoms with van der Waals surface area (Å²) in [5, 5.41) is 9.13. The molecule has 0 aliphatic heterocycles. The van der Waals surface area contributed by atoms with Gasteiger partial charge in [-0.15, -0.1) is 11.3 Å². The van der Waals surface area contributed by atoms with Crippen molar-refractivity contribution in [3.8, 4) is 0 Å². The maximum absolute atomic E-state index is 13.5. The highest BCUT2D eigenvalue weighted by Gasteiger charge is 2.13. The standard InChI is InChI=1S/C11H7FN4OS/c12-7-2-1-3-8-6(7)4-9(18-8)10(17)15-11-13-5-14-16-11/h1-5H,(H2,13,14,15,16,17). The molecule has 7 heteroatoms. The normalized spacial score (nSPS) is 10.7. The highest BCUT2D eigenvalue weighted by Crippen LogP contribution is 2.27. The van der Waals surface area contributed by atoms with Gasteiger partial charge in [0.25, 0.3) is 5.91 Å². The van der Waals surface area contributed by atoms with Crippen LogP contribution in [0.5, 0.6) is 0 Å². The minimum Gasteiger partial charge on any atom is -0.290 e. The zero-order valence-corrected chi connectivity index (χ0v) is 9.79. The number of aromatic amines is 1. The van der Waals surface area contributed by atoms with E-state index in [1.165, 1.54) is 29.8 Å². The van der Waals surface area contributed by atoms with Crippen LogP contribution >= 0.6 is 11.3 Å². The highest BCUT2D eigenvalue weighted by atomic mass is 32.1. The van der Waals surface area contributed by atoms with Crippen LogP contribution in [0.3, 0.4) is 0 Å². The van der Waals surface area contributed by atoms with E-state index in [-0.39, 0.29) is 17.7 Å². The number of hydrogen-bond acceptors (Lipinski definition) is 4. The first-order valence-corrected chi connectivity index (χ1v) is 5.90. The Kier molecular flexibility index (Phi) is 2.52. The van der Waals surface area contributed by atoms with Crippen LogP contribution < -0.4 is 5.32 Å². The average Bonchev–Trinajstić information content (AvgIpc) is 2.97. The van der Waals surface area contributed by atoms with E-state index < -0.39 is 0 Å². The third-order valence-electron chi connectivity index (χ3n) is 2.38. The molecule has 0 bridgehead atoms. The molecule has 0 fully saturated rings. The number of aromatic nitrogens is 3. The van der Waals surface area contributed by atoms with Crippen LogP contribution in [0.4, 0.5) is 10.3 Å². The average molecular weight is 262 g/mol. The number of amides is 1. The summed E-state index contributed by atoms with van der Waals surface area (Å²) in [4.78, 5) is 16.1. The molecule has 0 spiro atoms. The number of thiophene rings is 1. The maximum atomic E-state index is 13.5. The molecular formula is C11H7FN4OS. The number of halogens is 1. The largest absolute Gasteiger partial charge is 0.290 e. The van der Waals surface area contributed by atoms with Gasteiger partial charge in [-0.05, 0) is 18.2 Å². The summed E-state index contributed by atoms with van der Waals surface area (Å²) in [5.41, 5.74) is 0. The third kappa shape index (κ3) is 1.84. The lowest BCUT2D eigenvalue weighted by Gasteiger charge is -1.96. The molecule has 90 valence electrons. The minimum absolute atomic E-state index is 0.262. The number of nitrogens with zero attached hydrogens (tertiary/aromatic N) is 2. The van der Waals surface area contributed by atoms with Crippen LogP contribution in [-0.4, -0.2) is 21.1 Å². The fourth-order valence-electron chi connectivity index (χ4n) is 1.57. The van der Waals surface area contributed by atoms with E-state index in [2.05, 4.69) is 20.5 Å². The molecule has 1 aromatic carbocycles. The summed E-state index contributed by atoms with van der Waals surface area (Å²) in [7, 11) is 0. The zero-order chi connectivity index (χ0) is 12.5. The first-order valence-electron chi connectivity index (χ1n) is 5.09. The van der Waals surface area contributed by atoms with Gasteiger partial charge in [0.15, 0.2) is 0 Å². The van der Waals surface area contributed by atoms with Gasteiger partial charge in [-0.2, -0.15) is 10.1 Å². The molecule has 5 nitrogen and oxygen atoms in total. The number of carbonyl (C=O) groups excluding carboxylic acids is 1. The van der Waals surface area contributed by atoms with Crippen LogP contribution in [-0.2, 0) is 0 Å². The number of hydrogen-bond donors (Lipinski definition) is 2. The van der Waals surface area contributed by atoms with Gasteiger partial charge in [0.1, 0.15) is 12.1 Å². The second kappa shape index (κ2) is 4.19. The molecule has 18 heavy (non-hydrogen) atoms.